The molecule has 6 heteroatoms. The lowest BCUT2D eigenvalue weighted by Gasteiger charge is -2.06. The summed E-state index contributed by atoms with van der Waals surface area (Å²) in [7, 11) is 1.90. The summed E-state index contributed by atoms with van der Waals surface area (Å²) < 4.78 is 1.80. The number of pyridine rings is 2. The topological polar surface area (TPSA) is 55.6 Å². The maximum absolute atomic E-state index is 5.85. The van der Waals surface area contributed by atoms with E-state index in [4.69, 9.17) is 11.6 Å². The summed E-state index contributed by atoms with van der Waals surface area (Å²) in [6.45, 7) is 2.67. The fourth-order valence-electron chi connectivity index (χ4n) is 2.16. The molecule has 3 aromatic rings. The summed E-state index contributed by atoms with van der Waals surface area (Å²) in [5, 5.41) is 9.23. The highest BCUT2D eigenvalue weighted by Gasteiger charge is 2.06. The number of halogens is 1. The van der Waals surface area contributed by atoms with Crippen LogP contribution in [-0.2, 0) is 13.6 Å². The molecule has 0 aliphatic rings. The van der Waals surface area contributed by atoms with Crippen molar-refractivity contribution in [3.8, 4) is 0 Å². The fourth-order valence-corrected chi connectivity index (χ4v) is 2.34. The molecule has 0 unspecified atom stereocenters. The van der Waals surface area contributed by atoms with Crippen LogP contribution in [0.25, 0.3) is 11.0 Å². The van der Waals surface area contributed by atoms with Crippen LogP contribution in [-0.4, -0.2) is 19.7 Å². The third-order valence-corrected chi connectivity index (χ3v) is 3.35. The first kappa shape index (κ1) is 12.9. The monoisotopic (exact) mass is 287 g/mol. The molecule has 0 aliphatic carbocycles. The molecule has 3 rings (SSSR count). The molecule has 0 fully saturated rings. The summed E-state index contributed by atoms with van der Waals surface area (Å²) in [5.41, 5.74) is 3.93. The standard InChI is InChI=1S/C14H14ClN5/c1-9-12-5-10(8-18-14(12)20(2)19-9)7-17-11-3-4-16-13(15)6-11/h3-6,8H,7H2,1-2H3,(H,16,17). The van der Waals surface area contributed by atoms with Gasteiger partial charge >= 0.3 is 0 Å². The van der Waals surface area contributed by atoms with Gasteiger partial charge in [0.15, 0.2) is 5.65 Å². The minimum atomic E-state index is 0.478. The van der Waals surface area contributed by atoms with E-state index in [9.17, 15) is 0 Å². The van der Waals surface area contributed by atoms with Crippen LogP contribution in [0.2, 0.25) is 5.15 Å². The van der Waals surface area contributed by atoms with Crippen molar-refractivity contribution in [2.75, 3.05) is 5.32 Å². The Balaban J connectivity index is 1.83. The molecule has 102 valence electrons. The van der Waals surface area contributed by atoms with E-state index in [-0.39, 0.29) is 0 Å². The molecule has 0 spiro atoms. The molecule has 0 atom stereocenters. The Morgan fingerprint density at radius 1 is 1.30 bits per heavy atom. The van der Waals surface area contributed by atoms with Crippen molar-refractivity contribution in [2.45, 2.75) is 13.5 Å². The average molecular weight is 288 g/mol. The van der Waals surface area contributed by atoms with Gasteiger partial charge in [-0.05, 0) is 30.7 Å². The van der Waals surface area contributed by atoms with Crippen molar-refractivity contribution < 1.29 is 0 Å². The molecule has 3 aromatic heterocycles. The van der Waals surface area contributed by atoms with Gasteiger partial charge in [0.05, 0.1) is 5.69 Å². The molecule has 20 heavy (non-hydrogen) atoms. The van der Waals surface area contributed by atoms with E-state index in [0.29, 0.717) is 11.7 Å². The molecule has 0 amide bonds. The van der Waals surface area contributed by atoms with Gasteiger partial charge in [-0.3, -0.25) is 4.68 Å². The maximum atomic E-state index is 5.85. The van der Waals surface area contributed by atoms with Gasteiger partial charge in [-0.1, -0.05) is 11.6 Å². The van der Waals surface area contributed by atoms with E-state index in [1.54, 1.807) is 16.9 Å². The second-order valence-corrected chi connectivity index (χ2v) is 5.03. The second kappa shape index (κ2) is 5.09. The Hall–Kier alpha value is -2.14. The molecule has 0 bridgehead atoms. The fraction of sp³-hybridized carbons (Fsp3) is 0.214. The SMILES string of the molecule is Cc1nn(C)c2ncc(CNc3ccnc(Cl)c3)cc12. The van der Waals surface area contributed by atoms with Gasteiger partial charge in [-0.15, -0.1) is 0 Å². The smallest absolute Gasteiger partial charge is 0.157 e. The van der Waals surface area contributed by atoms with Crippen LogP contribution >= 0.6 is 11.6 Å². The Bertz CT molecular complexity index is 765. The van der Waals surface area contributed by atoms with E-state index in [0.717, 1.165) is 28.0 Å². The van der Waals surface area contributed by atoms with Crippen molar-refractivity contribution in [3.63, 3.8) is 0 Å². The zero-order chi connectivity index (χ0) is 14.1. The maximum Gasteiger partial charge on any atom is 0.157 e. The van der Waals surface area contributed by atoms with Crippen LogP contribution in [0.5, 0.6) is 0 Å². The van der Waals surface area contributed by atoms with Crippen molar-refractivity contribution >= 4 is 28.3 Å². The first-order valence-electron chi connectivity index (χ1n) is 6.27. The van der Waals surface area contributed by atoms with Crippen molar-refractivity contribution in [2.24, 2.45) is 7.05 Å². The van der Waals surface area contributed by atoms with Gasteiger partial charge in [-0.2, -0.15) is 5.10 Å². The highest BCUT2D eigenvalue weighted by molar-refractivity contribution is 6.29. The molecule has 0 aliphatic heterocycles. The number of nitrogens with one attached hydrogen (secondary N) is 1. The van der Waals surface area contributed by atoms with Crippen molar-refractivity contribution in [1.29, 1.82) is 0 Å². The summed E-state index contributed by atoms with van der Waals surface area (Å²) >= 11 is 5.85. The summed E-state index contributed by atoms with van der Waals surface area (Å²) in [4.78, 5) is 8.41. The van der Waals surface area contributed by atoms with Crippen LogP contribution < -0.4 is 5.32 Å². The normalized spacial score (nSPS) is 10.9. The minimum absolute atomic E-state index is 0.478. The number of aryl methyl sites for hydroxylation is 2. The van der Waals surface area contributed by atoms with Gasteiger partial charge in [0.2, 0.25) is 0 Å². The molecule has 0 saturated carbocycles. The predicted octanol–water partition coefficient (Wildman–Crippen LogP) is 2.94. The number of nitrogens with zero attached hydrogens (tertiary/aromatic N) is 4. The Labute approximate surface area is 121 Å². The predicted molar refractivity (Wildman–Crippen MR) is 79.8 cm³/mol. The summed E-state index contributed by atoms with van der Waals surface area (Å²) in [5.74, 6) is 0. The first-order valence-corrected chi connectivity index (χ1v) is 6.65. The number of rotatable bonds is 3. The number of hydrogen-bond donors (Lipinski definition) is 1. The van der Waals surface area contributed by atoms with Crippen LogP contribution in [0.15, 0.2) is 30.6 Å². The quantitative estimate of drug-likeness (QED) is 0.753. The number of hydrogen-bond acceptors (Lipinski definition) is 4. The van der Waals surface area contributed by atoms with Gasteiger partial charge in [0.25, 0.3) is 0 Å². The number of aromatic nitrogens is 4. The second-order valence-electron chi connectivity index (χ2n) is 4.64. The van der Waals surface area contributed by atoms with E-state index < -0.39 is 0 Å². The minimum Gasteiger partial charge on any atom is -0.381 e. The van der Waals surface area contributed by atoms with E-state index >= 15 is 0 Å². The molecule has 3 heterocycles. The van der Waals surface area contributed by atoms with E-state index in [1.807, 2.05) is 26.2 Å². The third-order valence-electron chi connectivity index (χ3n) is 3.14. The Morgan fingerprint density at radius 3 is 2.95 bits per heavy atom. The average Bonchev–Trinajstić information content (AvgIpc) is 2.72. The number of fused-ring (bicyclic) bond motifs is 1. The molecule has 0 radical (unpaired) electrons. The molecule has 0 saturated heterocycles. The van der Waals surface area contributed by atoms with Crippen LogP contribution in [0.4, 0.5) is 5.69 Å². The molecule has 0 aromatic carbocycles. The molecule has 1 N–H and O–H groups in total. The highest BCUT2D eigenvalue weighted by Crippen LogP contribution is 2.18. The van der Waals surface area contributed by atoms with Gasteiger partial charge < -0.3 is 5.32 Å². The van der Waals surface area contributed by atoms with Crippen LogP contribution in [0.3, 0.4) is 0 Å². The number of anilines is 1. The lowest BCUT2D eigenvalue weighted by atomic mass is 10.2. The lowest BCUT2D eigenvalue weighted by Crippen LogP contribution is -2.00. The lowest BCUT2D eigenvalue weighted by molar-refractivity contribution is 0.773. The van der Waals surface area contributed by atoms with E-state index in [1.165, 1.54) is 0 Å². The molecular formula is C14H14ClN5. The van der Waals surface area contributed by atoms with Gasteiger partial charge in [0.1, 0.15) is 5.15 Å². The van der Waals surface area contributed by atoms with Crippen molar-refractivity contribution in [1.82, 2.24) is 19.7 Å². The largest absolute Gasteiger partial charge is 0.381 e. The van der Waals surface area contributed by atoms with Crippen molar-refractivity contribution in [3.05, 3.63) is 47.0 Å². The highest BCUT2D eigenvalue weighted by atomic mass is 35.5. The summed E-state index contributed by atoms with van der Waals surface area (Å²) in [6.07, 6.45) is 3.54. The third kappa shape index (κ3) is 2.44. The zero-order valence-corrected chi connectivity index (χ0v) is 12.0. The molecule has 5 nitrogen and oxygen atoms in total. The van der Waals surface area contributed by atoms with Gasteiger partial charge in [0, 0.05) is 37.1 Å². The van der Waals surface area contributed by atoms with Crippen LogP contribution in [0.1, 0.15) is 11.3 Å². The first-order chi connectivity index (χ1) is 9.63. The Kier molecular flexibility index (Phi) is 3.28. The summed E-state index contributed by atoms with van der Waals surface area (Å²) in [6, 6.07) is 5.79. The Morgan fingerprint density at radius 2 is 2.15 bits per heavy atom. The molecular weight excluding hydrogens is 274 g/mol. The van der Waals surface area contributed by atoms with Crippen LogP contribution in [0, 0.1) is 6.92 Å². The zero-order valence-electron chi connectivity index (χ0n) is 11.3. The van der Waals surface area contributed by atoms with Gasteiger partial charge in [-0.25, -0.2) is 9.97 Å². The van der Waals surface area contributed by atoms with E-state index in [2.05, 4.69) is 26.4 Å².